The first kappa shape index (κ1) is 45.6. The second-order valence-corrected chi connectivity index (χ2v) is 18.7. The van der Waals surface area contributed by atoms with Crippen LogP contribution in [0.5, 0.6) is 0 Å². The molecular weight excluding hydrogens is 910 g/mol. The lowest BCUT2D eigenvalue weighted by Crippen LogP contribution is -2.52. The molecule has 3 aliphatic rings. The lowest BCUT2D eigenvalue weighted by atomic mass is 9.87. The molecule has 0 radical (unpaired) electrons. The number of hydrogen-bond donors (Lipinski definition) is 4. The molecule has 8 rings (SSSR count). The lowest BCUT2D eigenvalue weighted by molar-refractivity contribution is -0.137. The topological polar surface area (TPSA) is 204 Å². The van der Waals surface area contributed by atoms with E-state index in [9.17, 15) is 32.7 Å². The van der Waals surface area contributed by atoms with E-state index in [1.807, 2.05) is 21.9 Å². The highest BCUT2D eigenvalue weighted by atomic mass is 35.5. The number of benzene rings is 2. The first-order valence-corrected chi connectivity index (χ1v) is 23.0. The highest BCUT2D eigenvalue weighted by Crippen LogP contribution is 2.40. The standard InChI is InChI=1S/C43H44Cl2F2N10O7S/c1-3-53(2)65(63,64)52-32-6-5-31(46)38(39(32)47)40(60)28-24-50-41-27(28)18-26(23-49-41)25-4-7-35(48-22-25)55-14-16-56(17-15-55)37(59)21-43(62)9-12-54(13-10-43)33-19-30(45)34(20-29(33)44)57-11-8-36(58)51-42(57)61/h4-7,18-20,22-24,52,62H,3,8-17,21H2,1-2H3,(H,49,50)(H,51,58,61). The summed E-state index contributed by atoms with van der Waals surface area (Å²) in [5, 5.41) is 14.7. The molecule has 0 spiro atoms. The molecule has 342 valence electrons. The van der Waals surface area contributed by atoms with Crippen LogP contribution in [0.15, 0.2) is 61.1 Å². The van der Waals surface area contributed by atoms with Gasteiger partial charge < -0.3 is 24.8 Å². The number of ketones is 1. The summed E-state index contributed by atoms with van der Waals surface area (Å²) >= 11 is 13.2. The Hall–Kier alpha value is -5.93. The van der Waals surface area contributed by atoms with Crippen molar-refractivity contribution in [2.45, 2.75) is 38.2 Å². The van der Waals surface area contributed by atoms with Gasteiger partial charge in [-0.15, -0.1) is 0 Å². The van der Waals surface area contributed by atoms with E-state index in [4.69, 9.17) is 23.2 Å². The van der Waals surface area contributed by atoms with Gasteiger partial charge in [-0.05, 0) is 55.3 Å². The van der Waals surface area contributed by atoms with Crippen LogP contribution in [0, 0.1) is 11.6 Å². The summed E-state index contributed by atoms with van der Waals surface area (Å²) in [5.41, 5.74) is -0.248. The number of piperidine rings is 1. The predicted octanol–water partition coefficient (Wildman–Crippen LogP) is 5.57. The van der Waals surface area contributed by atoms with Gasteiger partial charge in [0.1, 0.15) is 17.3 Å². The smallest absolute Gasteiger partial charge is 0.328 e. The number of anilines is 4. The lowest BCUT2D eigenvalue weighted by Gasteiger charge is -2.41. The zero-order valence-electron chi connectivity index (χ0n) is 35.2. The first-order valence-electron chi connectivity index (χ1n) is 20.8. The van der Waals surface area contributed by atoms with Gasteiger partial charge in [0.15, 0.2) is 5.82 Å². The molecule has 17 nitrogen and oxygen atoms in total. The van der Waals surface area contributed by atoms with Gasteiger partial charge in [0.2, 0.25) is 17.6 Å². The number of carbonyl (C=O) groups is 4. The summed E-state index contributed by atoms with van der Waals surface area (Å²) in [6.07, 6.45) is 5.24. The normalized spacial score (nSPS) is 16.9. The van der Waals surface area contributed by atoms with Crippen LogP contribution in [-0.4, -0.2) is 126 Å². The number of halogens is 4. The fourth-order valence-electron chi connectivity index (χ4n) is 8.14. The number of hydrogen-bond acceptors (Lipinski definition) is 11. The predicted molar refractivity (Wildman–Crippen MR) is 242 cm³/mol. The molecule has 4 N–H and O–H groups in total. The largest absolute Gasteiger partial charge is 0.389 e. The Morgan fingerprint density at radius 1 is 0.908 bits per heavy atom. The molecule has 5 aromatic rings. The number of H-pyrrole nitrogens is 1. The Morgan fingerprint density at radius 2 is 1.60 bits per heavy atom. The van der Waals surface area contributed by atoms with Gasteiger partial charge in [0.25, 0.3) is 0 Å². The van der Waals surface area contributed by atoms with Crippen molar-refractivity contribution in [3.63, 3.8) is 0 Å². The third-order valence-corrected chi connectivity index (χ3v) is 14.3. The van der Waals surface area contributed by atoms with Crippen molar-refractivity contribution in [2.24, 2.45) is 0 Å². The molecule has 3 aromatic heterocycles. The number of nitrogens with zero attached hydrogens (tertiary/aromatic N) is 7. The summed E-state index contributed by atoms with van der Waals surface area (Å²) < 4.78 is 58.8. The van der Waals surface area contributed by atoms with Gasteiger partial charge in [-0.1, -0.05) is 30.1 Å². The maximum atomic E-state index is 15.6. The average molecular weight is 954 g/mol. The van der Waals surface area contributed by atoms with E-state index >= 15 is 8.78 Å². The van der Waals surface area contributed by atoms with E-state index in [2.05, 4.69) is 25.0 Å². The van der Waals surface area contributed by atoms with Gasteiger partial charge in [0.05, 0.1) is 44.7 Å². The number of imide groups is 1. The fraction of sp³-hybridized carbons (Fsp3) is 0.349. The van der Waals surface area contributed by atoms with Crippen molar-refractivity contribution in [3.05, 3.63) is 93.9 Å². The SMILES string of the molecule is CCN(C)S(=O)(=O)Nc1ccc(F)c(C(=O)c2c[nH]c3ncc(-c4ccc(N5CCN(C(=O)CC6(O)CCN(c7cc(Cl)c(N8CCC(=O)NC8=O)cc7Cl)CC6)CC5)nc4)cc23)c1F. The zero-order chi connectivity index (χ0) is 46.4. The molecule has 0 unspecified atom stereocenters. The minimum absolute atomic E-state index is 0.0362. The van der Waals surface area contributed by atoms with Gasteiger partial charge in [-0.25, -0.2) is 23.5 Å². The van der Waals surface area contributed by atoms with E-state index in [1.165, 1.54) is 18.1 Å². The van der Waals surface area contributed by atoms with E-state index in [0.717, 1.165) is 16.4 Å². The Kier molecular flexibility index (Phi) is 12.7. The molecule has 22 heteroatoms. The van der Waals surface area contributed by atoms with Crippen molar-refractivity contribution < 1.29 is 41.5 Å². The quantitative estimate of drug-likeness (QED) is 0.114. The number of amides is 4. The van der Waals surface area contributed by atoms with E-state index in [-0.39, 0.29) is 53.7 Å². The molecule has 0 saturated carbocycles. The number of urea groups is 1. The van der Waals surface area contributed by atoms with Crippen molar-refractivity contribution in [1.82, 2.24) is 29.5 Å². The Balaban J connectivity index is 0.867. The molecule has 3 aliphatic heterocycles. The summed E-state index contributed by atoms with van der Waals surface area (Å²) in [6.45, 7) is 4.53. The number of aromatic amines is 1. The van der Waals surface area contributed by atoms with Crippen LogP contribution in [0.2, 0.25) is 10.0 Å². The second-order valence-electron chi connectivity index (χ2n) is 16.1. The number of fused-ring (bicyclic) bond motifs is 1. The average Bonchev–Trinajstić information content (AvgIpc) is 3.72. The van der Waals surface area contributed by atoms with Crippen molar-refractivity contribution in [2.75, 3.05) is 78.8 Å². The van der Waals surface area contributed by atoms with Crippen molar-refractivity contribution in [3.8, 4) is 11.1 Å². The number of nitrogens with one attached hydrogen (secondary N) is 3. The molecule has 3 saturated heterocycles. The van der Waals surface area contributed by atoms with Gasteiger partial charge >= 0.3 is 16.2 Å². The summed E-state index contributed by atoms with van der Waals surface area (Å²) in [6, 6.07) is 9.72. The minimum atomic E-state index is -4.16. The second kappa shape index (κ2) is 18.2. The third kappa shape index (κ3) is 9.31. The number of aliphatic hydroxyl groups is 1. The maximum absolute atomic E-state index is 15.6. The summed E-state index contributed by atoms with van der Waals surface area (Å²) in [4.78, 5) is 70.2. The van der Waals surface area contributed by atoms with E-state index in [0.29, 0.717) is 91.1 Å². The van der Waals surface area contributed by atoms with Gasteiger partial charge in [-0.3, -0.25) is 29.3 Å². The van der Waals surface area contributed by atoms with Crippen LogP contribution in [0.3, 0.4) is 0 Å². The Labute approximate surface area is 382 Å². The van der Waals surface area contributed by atoms with Crippen molar-refractivity contribution >= 4 is 91.0 Å². The number of pyridine rings is 2. The van der Waals surface area contributed by atoms with Gasteiger partial charge in [0, 0.05) is 106 Å². The number of rotatable bonds is 12. The molecule has 2 aromatic carbocycles. The zero-order valence-corrected chi connectivity index (χ0v) is 37.5. The number of carbonyl (C=O) groups excluding carboxylic acids is 4. The Bertz CT molecular complexity index is 2820. The van der Waals surface area contributed by atoms with Gasteiger partial charge in [-0.2, -0.15) is 12.7 Å². The summed E-state index contributed by atoms with van der Waals surface area (Å²) in [7, 11) is -2.88. The maximum Gasteiger partial charge on any atom is 0.328 e. The molecule has 0 atom stereocenters. The number of piperazine rings is 1. The van der Waals surface area contributed by atoms with Crippen LogP contribution in [-0.2, 0) is 19.8 Å². The highest BCUT2D eigenvalue weighted by molar-refractivity contribution is 7.90. The number of aromatic nitrogens is 3. The van der Waals surface area contributed by atoms with Crippen molar-refractivity contribution in [1.29, 1.82) is 0 Å². The fourth-order valence-corrected chi connectivity index (χ4v) is 9.61. The van der Waals surface area contributed by atoms with Crippen LogP contribution in [0.1, 0.15) is 48.5 Å². The molecule has 3 fully saturated rings. The van der Waals surface area contributed by atoms with Crippen LogP contribution in [0.4, 0.5) is 36.5 Å². The molecule has 65 heavy (non-hydrogen) atoms. The molecule has 0 bridgehead atoms. The van der Waals surface area contributed by atoms with Crippen LogP contribution in [0.25, 0.3) is 22.2 Å². The molecule has 6 heterocycles. The van der Waals surface area contributed by atoms with Crippen LogP contribution >= 0.6 is 23.2 Å². The highest BCUT2D eigenvalue weighted by Gasteiger charge is 2.38. The Morgan fingerprint density at radius 3 is 2.28 bits per heavy atom. The molecule has 4 amide bonds. The summed E-state index contributed by atoms with van der Waals surface area (Å²) in [5.74, 6) is -3.37. The van der Waals surface area contributed by atoms with E-state index in [1.54, 1.807) is 42.4 Å². The first-order chi connectivity index (χ1) is 30.9. The monoisotopic (exact) mass is 952 g/mol. The third-order valence-electron chi connectivity index (χ3n) is 12.1. The minimum Gasteiger partial charge on any atom is -0.389 e. The molecular formula is C43H44Cl2F2N10O7S. The van der Waals surface area contributed by atoms with E-state index < -0.39 is 50.5 Å². The van der Waals surface area contributed by atoms with Crippen LogP contribution < -0.4 is 24.7 Å². The molecule has 0 aliphatic carbocycles.